The van der Waals surface area contributed by atoms with Gasteiger partial charge in [0.1, 0.15) is 0 Å². The minimum absolute atomic E-state index is 0.0763. The largest absolute Gasteiger partial charge is 0.342 e. The smallest absolute Gasteiger partial charge is 0.269 e. The normalized spacial score (nSPS) is 14.1. The first kappa shape index (κ1) is 17.9. The molecule has 0 fully saturated rings. The van der Waals surface area contributed by atoms with Crippen LogP contribution in [-0.2, 0) is 11.3 Å². The minimum atomic E-state index is -0.399. The zero-order chi connectivity index (χ0) is 20.7. The number of hydrogen-bond acceptors (Lipinski definition) is 3. The van der Waals surface area contributed by atoms with Crippen molar-refractivity contribution in [1.29, 1.82) is 0 Å². The van der Waals surface area contributed by atoms with Crippen molar-refractivity contribution >= 4 is 39.8 Å². The molecule has 0 unspecified atom stereocenters. The lowest BCUT2D eigenvalue weighted by Crippen LogP contribution is -2.03. The van der Waals surface area contributed by atoms with E-state index < -0.39 is 4.92 Å². The van der Waals surface area contributed by atoms with Crippen LogP contribution in [0.4, 0.5) is 11.4 Å². The highest BCUT2D eigenvalue weighted by Crippen LogP contribution is 2.34. The summed E-state index contributed by atoms with van der Waals surface area (Å²) >= 11 is 0. The summed E-state index contributed by atoms with van der Waals surface area (Å²) in [5.74, 6) is -0.108. The molecule has 1 aromatic heterocycles. The molecular weight excluding hydrogens is 378 g/mol. The molecule has 0 saturated carbocycles. The monoisotopic (exact) mass is 395 g/mol. The summed E-state index contributed by atoms with van der Waals surface area (Å²) in [7, 11) is 0. The molecule has 6 heteroatoms. The fraction of sp³-hybridized carbons (Fsp3) is 0.0417. The quantitative estimate of drug-likeness (QED) is 0.297. The van der Waals surface area contributed by atoms with Gasteiger partial charge in [-0.1, -0.05) is 48.5 Å². The second-order valence-electron chi connectivity index (χ2n) is 7.21. The van der Waals surface area contributed by atoms with E-state index in [1.54, 1.807) is 12.1 Å². The molecule has 6 nitrogen and oxygen atoms in total. The van der Waals surface area contributed by atoms with Crippen molar-refractivity contribution in [1.82, 2.24) is 4.57 Å². The predicted octanol–water partition coefficient (Wildman–Crippen LogP) is 5.09. The molecule has 0 aliphatic carbocycles. The molecule has 1 amide bonds. The lowest BCUT2D eigenvalue weighted by molar-refractivity contribution is -0.384. The number of non-ortho nitro benzene ring substituents is 1. The van der Waals surface area contributed by atoms with E-state index in [1.165, 1.54) is 12.1 Å². The van der Waals surface area contributed by atoms with Crippen LogP contribution in [0.25, 0.3) is 22.6 Å². The third-order valence-electron chi connectivity index (χ3n) is 5.33. The number of rotatable bonds is 4. The fourth-order valence-electron chi connectivity index (χ4n) is 3.88. The second kappa shape index (κ2) is 7.00. The van der Waals surface area contributed by atoms with Crippen LogP contribution >= 0.6 is 0 Å². The van der Waals surface area contributed by atoms with Crippen LogP contribution in [0.1, 0.15) is 16.7 Å². The zero-order valence-electron chi connectivity index (χ0n) is 15.9. The van der Waals surface area contributed by atoms with E-state index in [0.717, 1.165) is 33.3 Å². The number of nitro benzene ring substituents is 1. The Morgan fingerprint density at radius 3 is 2.50 bits per heavy atom. The molecule has 0 radical (unpaired) electrons. The number of hydrogen-bond donors (Lipinski definition) is 1. The number of amides is 1. The zero-order valence-corrected chi connectivity index (χ0v) is 15.9. The molecule has 1 aliphatic heterocycles. The number of para-hydroxylation sites is 2. The minimum Gasteiger partial charge on any atom is -0.342 e. The molecule has 0 atom stereocenters. The maximum absolute atomic E-state index is 12.5. The number of nitro groups is 1. The summed E-state index contributed by atoms with van der Waals surface area (Å²) in [5, 5.41) is 14.8. The Balaban J connectivity index is 1.57. The van der Waals surface area contributed by atoms with Crippen LogP contribution in [0, 0.1) is 10.1 Å². The van der Waals surface area contributed by atoms with Gasteiger partial charge in [0.25, 0.3) is 11.6 Å². The van der Waals surface area contributed by atoms with Crippen LogP contribution in [0.3, 0.4) is 0 Å². The van der Waals surface area contributed by atoms with Crippen molar-refractivity contribution in [2.75, 3.05) is 5.32 Å². The van der Waals surface area contributed by atoms with Crippen LogP contribution in [0.15, 0.2) is 79.0 Å². The number of nitrogens with one attached hydrogen (secondary N) is 1. The average Bonchev–Trinajstić information content (AvgIpc) is 3.26. The Labute approximate surface area is 172 Å². The summed E-state index contributed by atoms with van der Waals surface area (Å²) in [4.78, 5) is 23.0. The van der Waals surface area contributed by atoms with Crippen LogP contribution < -0.4 is 5.32 Å². The number of nitrogens with zero attached hydrogens (tertiary/aromatic N) is 2. The maximum atomic E-state index is 12.5. The van der Waals surface area contributed by atoms with Crippen molar-refractivity contribution in [3.05, 3.63) is 106 Å². The Hall–Kier alpha value is -4.19. The van der Waals surface area contributed by atoms with Gasteiger partial charge in [0.15, 0.2) is 0 Å². The Morgan fingerprint density at radius 2 is 1.70 bits per heavy atom. The molecule has 3 aromatic carbocycles. The third kappa shape index (κ3) is 3.04. The molecule has 0 saturated heterocycles. The molecule has 30 heavy (non-hydrogen) atoms. The summed E-state index contributed by atoms with van der Waals surface area (Å²) in [6, 6.07) is 22.2. The summed E-state index contributed by atoms with van der Waals surface area (Å²) < 4.78 is 2.10. The molecule has 1 N–H and O–H groups in total. The topological polar surface area (TPSA) is 77.2 Å². The molecule has 146 valence electrons. The number of carbonyl (C=O) groups is 1. The molecule has 0 bridgehead atoms. The van der Waals surface area contributed by atoms with Gasteiger partial charge in [-0.3, -0.25) is 14.9 Å². The first-order valence-corrected chi connectivity index (χ1v) is 9.54. The number of benzene rings is 3. The highest BCUT2D eigenvalue weighted by Gasteiger charge is 2.24. The Morgan fingerprint density at radius 1 is 0.967 bits per heavy atom. The first-order chi connectivity index (χ1) is 14.6. The van der Waals surface area contributed by atoms with Crippen molar-refractivity contribution in [2.45, 2.75) is 6.54 Å². The summed E-state index contributed by atoms with van der Waals surface area (Å²) in [6.45, 7) is 0.574. The molecule has 5 rings (SSSR count). The van der Waals surface area contributed by atoms with E-state index in [4.69, 9.17) is 0 Å². The van der Waals surface area contributed by atoms with Gasteiger partial charge >= 0.3 is 0 Å². The van der Waals surface area contributed by atoms with E-state index in [2.05, 4.69) is 9.88 Å². The van der Waals surface area contributed by atoms with Crippen molar-refractivity contribution in [3.63, 3.8) is 0 Å². The van der Waals surface area contributed by atoms with Crippen molar-refractivity contribution < 1.29 is 9.72 Å². The molecule has 0 spiro atoms. The van der Waals surface area contributed by atoms with E-state index in [1.807, 2.05) is 60.8 Å². The third-order valence-corrected chi connectivity index (χ3v) is 5.33. The molecular formula is C24H17N3O3. The van der Waals surface area contributed by atoms with Gasteiger partial charge in [0, 0.05) is 58.2 Å². The standard InChI is InChI=1S/C24H17N3O3/c28-24-21(20-6-1-3-7-22(20)25-24)13-17-15-26(23-8-4-2-5-19(17)23)14-16-9-11-18(12-10-16)27(29)30/h1-13,15H,14H2,(H,25,28)/b21-13-. The predicted molar refractivity (Wildman–Crippen MR) is 117 cm³/mol. The van der Waals surface area contributed by atoms with Crippen molar-refractivity contribution in [3.8, 4) is 0 Å². The molecule has 4 aromatic rings. The van der Waals surface area contributed by atoms with E-state index in [-0.39, 0.29) is 11.6 Å². The number of aromatic nitrogens is 1. The number of carbonyl (C=O) groups excluding carboxylic acids is 1. The Kier molecular flexibility index (Phi) is 4.17. The van der Waals surface area contributed by atoms with Crippen molar-refractivity contribution in [2.24, 2.45) is 0 Å². The SMILES string of the molecule is O=C1Nc2ccccc2/C1=C/c1cn(Cc2ccc([N+](=O)[O-])cc2)c2ccccc12. The lowest BCUT2D eigenvalue weighted by Gasteiger charge is -2.05. The van der Waals surface area contributed by atoms with Gasteiger partial charge < -0.3 is 9.88 Å². The highest BCUT2D eigenvalue weighted by molar-refractivity contribution is 6.35. The Bertz CT molecular complexity index is 1330. The van der Waals surface area contributed by atoms with Gasteiger partial charge in [-0.2, -0.15) is 0 Å². The van der Waals surface area contributed by atoms with Gasteiger partial charge in [-0.15, -0.1) is 0 Å². The first-order valence-electron chi connectivity index (χ1n) is 9.54. The summed E-state index contributed by atoms with van der Waals surface area (Å²) in [6.07, 6.45) is 3.95. The van der Waals surface area contributed by atoms with Crippen LogP contribution in [0.2, 0.25) is 0 Å². The van der Waals surface area contributed by atoms with Gasteiger partial charge in [0.2, 0.25) is 0 Å². The fourth-order valence-corrected chi connectivity index (χ4v) is 3.88. The highest BCUT2D eigenvalue weighted by atomic mass is 16.6. The van der Waals surface area contributed by atoms with E-state index in [0.29, 0.717) is 12.1 Å². The van der Waals surface area contributed by atoms with E-state index >= 15 is 0 Å². The second-order valence-corrected chi connectivity index (χ2v) is 7.21. The number of anilines is 1. The lowest BCUT2D eigenvalue weighted by atomic mass is 10.0. The molecule has 1 aliphatic rings. The van der Waals surface area contributed by atoms with Gasteiger partial charge in [-0.25, -0.2) is 0 Å². The van der Waals surface area contributed by atoms with E-state index in [9.17, 15) is 14.9 Å². The summed E-state index contributed by atoms with van der Waals surface area (Å²) in [5.41, 5.74) is 5.39. The molecule has 2 heterocycles. The maximum Gasteiger partial charge on any atom is 0.269 e. The van der Waals surface area contributed by atoms with Crippen LogP contribution in [-0.4, -0.2) is 15.4 Å². The van der Waals surface area contributed by atoms with Gasteiger partial charge in [-0.05, 0) is 23.8 Å². The average molecular weight is 395 g/mol. The van der Waals surface area contributed by atoms with Crippen LogP contribution in [0.5, 0.6) is 0 Å². The number of fused-ring (bicyclic) bond motifs is 2. The van der Waals surface area contributed by atoms with Gasteiger partial charge in [0.05, 0.1) is 4.92 Å².